The van der Waals surface area contributed by atoms with Gasteiger partial charge >= 0.3 is 0 Å². The van der Waals surface area contributed by atoms with E-state index < -0.39 is 0 Å². The van der Waals surface area contributed by atoms with Crippen molar-refractivity contribution >= 4 is 5.69 Å². The predicted octanol–water partition coefficient (Wildman–Crippen LogP) is 1.57. The van der Waals surface area contributed by atoms with Gasteiger partial charge in [-0.05, 0) is 26.9 Å². The number of hydrogen-bond acceptors (Lipinski definition) is 4. The fourth-order valence-corrected chi connectivity index (χ4v) is 2.33. The highest BCUT2D eigenvalue weighted by atomic mass is 15.2. The van der Waals surface area contributed by atoms with E-state index in [1.54, 1.807) is 0 Å². The minimum Gasteiger partial charge on any atom is -0.369 e. The first kappa shape index (κ1) is 12.3. The molecule has 0 saturated carbocycles. The molecule has 1 fully saturated rings. The molecule has 2 heterocycles. The van der Waals surface area contributed by atoms with Crippen molar-refractivity contribution < 1.29 is 0 Å². The van der Waals surface area contributed by atoms with Gasteiger partial charge in [-0.1, -0.05) is 6.92 Å². The van der Waals surface area contributed by atoms with Gasteiger partial charge in [0, 0.05) is 25.6 Å². The summed E-state index contributed by atoms with van der Waals surface area (Å²) in [6.07, 6.45) is 7.28. The van der Waals surface area contributed by atoms with Crippen molar-refractivity contribution in [2.24, 2.45) is 0 Å². The topological polar surface area (TPSA) is 32.3 Å². The Labute approximate surface area is 104 Å². The van der Waals surface area contributed by atoms with Gasteiger partial charge in [-0.3, -0.25) is 0 Å². The Bertz CT molecular complexity index is 339. The number of hydrogen-bond donors (Lipinski definition) is 0. The lowest BCUT2D eigenvalue weighted by molar-refractivity contribution is 0.249. The van der Waals surface area contributed by atoms with Crippen LogP contribution >= 0.6 is 0 Å². The Kier molecular flexibility index (Phi) is 3.94. The van der Waals surface area contributed by atoms with Crippen molar-refractivity contribution in [3.63, 3.8) is 0 Å². The van der Waals surface area contributed by atoms with E-state index in [1.165, 1.54) is 18.5 Å². The van der Waals surface area contributed by atoms with E-state index >= 15 is 0 Å². The second kappa shape index (κ2) is 5.45. The van der Waals surface area contributed by atoms with Crippen LogP contribution in [0.1, 0.15) is 25.6 Å². The highest BCUT2D eigenvalue weighted by Gasteiger charge is 2.20. The molecule has 1 aromatic heterocycles. The van der Waals surface area contributed by atoms with Crippen LogP contribution in [-0.4, -0.2) is 48.1 Å². The molecule has 1 aliphatic heterocycles. The van der Waals surface area contributed by atoms with Crippen molar-refractivity contribution in [3.05, 3.63) is 18.2 Å². The Morgan fingerprint density at radius 1 is 1.24 bits per heavy atom. The van der Waals surface area contributed by atoms with E-state index in [0.29, 0.717) is 0 Å². The SMILES string of the molecule is CCc1ncc(N2CCC(N(C)C)CC2)cn1. The van der Waals surface area contributed by atoms with Crippen LogP contribution in [0.2, 0.25) is 0 Å². The van der Waals surface area contributed by atoms with Gasteiger partial charge < -0.3 is 9.80 Å². The summed E-state index contributed by atoms with van der Waals surface area (Å²) in [6.45, 7) is 4.30. The van der Waals surface area contributed by atoms with Gasteiger partial charge in [0.05, 0.1) is 18.1 Å². The Morgan fingerprint density at radius 3 is 2.29 bits per heavy atom. The van der Waals surface area contributed by atoms with Crippen LogP contribution in [0.4, 0.5) is 5.69 Å². The minimum absolute atomic E-state index is 0.724. The summed E-state index contributed by atoms with van der Waals surface area (Å²) >= 11 is 0. The standard InChI is InChI=1S/C13H22N4/c1-4-13-14-9-12(10-15-13)17-7-5-11(6-8-17)16(2)3/h9-11H,4-8H2,1-3H3. The first-order chi connectivity index (χ1) is 8.20. The molecule has 0 aromatic carbocycles. The van der Waals surface area contributed by atoms with Crippen LogP contribution in [0.5, 0.6) is 0 Å². The maximum absolute atomic E-state index is 4.36. The quantitative estimate of drug-likeness (QED) is 0.794. The molecule has 0 spiro atoms. The monoisotopic (exact) mass is 234 g/mol. The third-order valence-electron chi connectivity index (χ3n) is 3.57. The molecule has 94 valence electrons. The number of rotatable bonds is 3. The molecular formula is C13H22N4. The Balaban J connectivity index is 1.95. The molecule has 0 amide bonds. The fourth-order valence-electron chi connectivity index (χ4n) is 2.33. The molecule has 0 atom stereocenters. The van der Waals surface area contributed by atoms with Crippen molar-refractivity contribution in [2.75, 3.05) is 32.1 Å². The molecule has 4 heteroatoms. The number of nitrogens with zero attached hydrogens (tertiary/aromatic N) is 4. The summed E-state index contributed by atoms with van der Waals surface area (Å²) in [6, 6.07) is 0.724. The summed E-state index contributed by atoms with van der Waals surface area (Å²) in [5.74, 6) is 0.928. The van der Waals surface area contributed by atoms with E-state index in [0.717, 1.165) is 31.4 Å². The van der Waals surface area contributed by atoms with Gasteiger partial charge in [0.25, 0.3) is 0 Å². The highest BCUT2D eigenvalue weighted by Crippen LogP contribution is 2.20. The van der Waals surface area contributed by atoms with Gasteiger partial charge in [-0.25, -0.2) is 9.97 Å². The third-order valence-corrected chi connectivity index (χ3v) is 3.57. The molecule has 0 aliphatic carbocycles. The second-order valence-corrected chi connectivity index (χ2v) is 4.89. The Morgan fingerprint density at radius 2 is 1.82 bits per heavy atom. The second-order valence-electron chi connectivity index (χ2n) is 4.89. The average Bonchev–Trinajstić information content (AvgIpc) is 2.39. The molecule has 1 aromatic rings. The average molecular weight is 234 g/mol. The number of aromatic nitrogens is 2. The molecular weight excluding hydrogens is 212 g/mol. The minimum atomic E-state index is 0.724. The van der Waals surface area contributed by atoms with Gasteiger partial charge in [0.15, 0.2) is 0 Å². The molecule has 2 rings (SSSR count). The summed E-state index contributed by atoms with van der Waals surface area (Å²) in [5.41, 5.74) is 1.17. The van der Waals surface area contributed by atoms with Crippen molar-refractivity contribution in [3.8, 4) is 0 Å². The number of piperidine rings is 1. The molecule has 17 heavy (non-hydrogen) atoms. The summed E-state index contributed by atoms with van der Waals surface area (Å²) in [5, 5.41) is 0. The summed E-state index contributed by atoms with van der Waals surface area (Å²) in [4.78, 5) is 13.4. The lowest BCUT2D eigenvalue weighted by Crippen LogP contribution is -2.42. The largest absolute Gasteiger partial charge is 0.369 e. The summed E-state index contributed by atoms with van der Waals surface area (Å²) in [7, 11) is 4.33. The van der Waals surface area contributed by atoms with Gasteiger partial charge in [-0.15, -0.1) is 0 Å². The molecule has 0 bridgehead atoms. The van der Waals surface area contributed by atoms with Crippen LogP contribution in [0.3, 0.4) is 0 Å². The van der Waals surface area contributed by atoms with E-state index in [4.69, 9.17) is 0 Å². The van der Waals surface area contributed by atoms with Gasteiger partial charge in [0.2, 0.25) is 0 Å². The number of aryl methyl sites for hydroxylation is 1. The normalized spacial score (nSPS) is 17.8. The first-order valence-electron chi connectivity index (χ1n) is 6.43. The zero-order valence-electron chi connectivity index (χ0n) is 11.1. The molecule has 4 nitrogen and oxygen atoms in total. The number of anilines is 1. The molecule has 1 saturated heterocycles. The third kappa shape index (κ3) is 2.94. The first-order valence-corrected chi connectivity index (χ1v) is 6.43. The van der Waals surface area contributed by atoms with Crippen LogP contribution in [0.15, 0.2) is 12.4 Å². The van der Waals surface area contributed by atoms with Crippen LogP contribution < -0.4 is 4.90 Å². The molecule has 1 aliphatic rings. The maximum Gasteiger partial charge on any atom is 0.128 e. The van der Waals surface area contributed by atoms with E-state index in [-0.39, 0.29) is 0 Å². The van der Waals surface area contributed by atoms with E-state index in [9.17, 15) is 0 Å². The zero-order chi connectivity index (χ0) is 12.3. The van der Waals surface area contributed by atoms with Crippen molar-refractivity contribution in [1.29, 1.82) is 0 Å². The smallest absolute Gasteiger partial charge is 0.128 e. The van der Waals surface area contributed by atoms with Crippen molar-refractivity contribution in [2.45, 2.75) is 32.2 Å². The van der Waals surface area contributed by atoms with E-state index in [2.05, 4.69) is 40.8 Å². The lowest BCUT2D eigenvalue weighted by atomic mass is 10.0. The zero-order valence-corrected chi connectivity index (χ0v) is 11.1. The molecule has 0 unspecified atom stereocenters. The van der Waals surface area contributed by atoms with Crippen LogP contribution in [-0.2, 0) is 6.42 Å². The Hall–Kier alpha value is -1.16. The van der Waals surface area contributed by atoms with Crippen LogP contribution in [0.25, 0.3) is 0 Å². The van der Waals surface area contributed by atoms with Gasteiger partial charge in [-0.2, -0.15) is 0 Å². The lowest BCUT2D eigenvalue weighted by Gasteiger charge is -2.36. The highest BCUT2D eigenvalue weighted by molar-refractivity contribution is 5.42. The fraction of sp³-hybridized carbons (Fsp3) is 0.692. The predicted molar refractivity (Wildman–Crippen MR) is 70.3 cm³/mol. The maximum atomic E-state index is 4.36. The van der Waals surface area contributed by atoms with Gasteiger partial charge in [0.1, 0.15) is 5.82 Å². The van der Waals surface area contributed by atoms with Crippen molar-refractivity contribution in [1.82, 2.24) is 14.9 Å². The molecule has 0 N–H and O–H groups in total. The summed E-state index contributed by atoms with van der Waals surface area (Å²) < 4.78 is 0. The van der Waals surface area contributed by atoms with E-state index in [1.807, 2.05) is 12.4 Å². The molecule has 0 radical (unpaired) electrons. The van der Waals surface area contributed by atoms with Crippen LogP contribution in [0, 0.1) is 0 Å².